The highest BCUT2D eigenvalue weighted by molar-refractivity contribution is 6.09. The van der Waals surface area contributed by atoms with Crippen LogP contribution in [-0.4, -0.2) is 53.8 Å². The van der Waals surface area contributed by atoms with Crippen LogP contribution in [0.5, 0.6) is 0 Å². The SMILES string of the molecule is Cc1ccc(C2(C)NC(=O)N(CC(=O)NC(CN3CCCC3)c3ccccc3)C2=O)cc1. The van der Waals surface area contributed by atoms with Crippen molar-refractivity contribution in [2.45, 2.75) is 38.3 Å². The average molecular weight is 435 g/mol. The topological polar surface area (TPSA) is 81.8 Å². The molecule has 4 rings (SSSR count). The normalized spacial score (nSPS) is 22.1. The number of hydrogen-bond donors (Lipinski definition) is 2. The maximum Gasteiger partial charge on any atom is 0.325 e. The van der Waals surface area contributed by atoms with E-state index in [0.29, 0.717) is 12.1 Å². The van der Waals surface area contributed by atoms with Crippen molar-refractivity contribution >= 4 is 17.8 Å². The summed E-state index contributed by atoms with van der Waals surface area (Å²) in [4.78, 5) is 42.0. The number of benzene rings is 2. The minimum Gasteiger partial charge on any atom is -0.346 e. The Morgan fingerprint density at radius 2 is 1.72 bits per heavy atom. The van der Waals surface area contributed by atoms with Gasteiger partial charge < -0.3 is 15.5 Å². The Hall–Kier alpha value is -3.19. The largest absolute Gasteiger partial charge is 0.346 e. The zero-order chi connectivity index (χ0) is 22.7. The molecule has 0 radical (unpaired) electrons. The van der Waals surface area contributed by atoms with E-state index in [1.54, 1.807) is 6.92 Å². The average Bonchev–Trinajstić information content (AvgIpc) is 3.37. The number of carbonyl (C=O) groups is 3. The minimum atomic E-state index is -1.18. The van der Waals surface area contributed by atoms with Gasteiger partial charge in [0.25, 0.3) is 5.91 Å². The van der Waals surface area contributed by atoms with Crippen LogP contribution in [0.25, 0.3) is 0 Å². The quantitative estimate of drug-likeness (QED) is 0.657. The Balaban J connectivity index is 1.46. The molecule has 2 aliphatic rings. The van der Waals surface area contributed by atoms with Crippen molar-refractivity contribution in [2.75, 3.05) is 26.2 Å². The highest BCUT2D eigenvalue weighted by atomic mass is 16.2. The highest BCUT2D eigenvalue weighted by Crippen LogP contribution is 2.29. The van der Waals surface area contributed by atoms with E-state index in [9.17, 15) is 14.4 Å². The van der Waals surface area contributed by atoms with Crippen molar-refractivity contribution < 1.29 is 14.4 Å². The maximum absolute atomic E-state index is 13.1. The second kappa shape index (κ2) is 9.12. The van der Waals surface area contributed by atoms with Crippen molar-refractivity contribution in [1.82, 2.24) is 20.4 Å². The molecular weight excluding hydrogens is 404 g/mol. The van der Waals surface area contributed by atoms with Gasteiger partial charge in [-0.05, 0) is 50.9 Å². The van der Waals surface area contributed by atoms with Crippen molar-refractivity contribution in [3.63, 3.8) is 0 Å². The molecule has 7 heteroatoms. The standard InChI is InChI=1S/C25H30N4O3/c1-18-10-12-20(13-11-18)25(2)23(31)29(24(32)27-25)17-22(30)26-21(16-28-14-6-7-15-28)19-8-4-3-5-9-19/h3-5,8-13,21H,6-7,14-17H2,1-2H3,(H,26,30)(H,27,32). The predicted octanol–water partition coefficient (Wildman–Crippen LogP) is 2.72. The first-order chi connectivity index (χ1) is 15.4. The van der Waals surface area contributed by atoms with E-state index in [1.165, 1.54) is 0 Å². The Morgan fingerprint density at radius 3 is 2.38 bits per heavy atom. The number of nitrogens with one attached hydrogen (secondary N) is 2. The Labute approximate surface area is 188 Å². The number of amides is 4. The summed E-state index contributed by atoms with van der Waals surface area (Å²) in [5, 5.41) is 5.81. The van der Waals surface area contributed by atoms with E-state index in [2.05, 4.69) is 15.5 Å². The van der Waals surface area contributed by atoms with Crippen LogP contribution in [-0.2, 0) is 15.1 Å². The van der Waals surface area contributed by atoms with E-state index in [4.69, 9.17) is 0 Å². The lowest BCUT2D eigenvalue weighted by molar-refractivity contribution is -0.135. The first-order valence-corrected chi connectivity index (χ1v) is 11.1. The van der Waals surface area contributed by atoms with Crippen molar-refractivity contribution in [3.8, 4) is 0 Å². The summed E-state index contributed by atoms with van der Waals surface area (Å²) in [6, 6.07) is 16.5. The lowest BCUT2D eigenvalue weighted by Gasteiger charge is -2.26. The fraction of sp³-hybridized carbons (Fsp3) is 0.400. The third kappa shape index (κ3) is 4.53. The summed E-state index contributed by atoms with van der Waals surface area (Å²) in [7, 11) is 0. The van der Waals surface area contributed by atoms with Crippen LogP contribution in [0, 0.1) is 6.92 Å². The molecule has 2 aromatic rings. The maximum atomic E-state index is 13.1. The van der Waals surface area contributed by atoms with Gasteiger partial charge in [-0.3, -0.25) is 14.5 Å². The summed E-state index contributed by atoms with van der Waals surface area (Å²) in [6.07, 6.45) is 2.32. The number of urea groups is 1. The third-order valence-corrected chi connectivity index (χ3v) is 6.38. The number of likely N-dealkylation sites (tertiary alicyclic amines) is 1. The van der Waals surface area contributed by atoms with Crippen LogP contribution in [0.15, 0.2) is 54.6 Å². The van der Waals surface area contributed by atoms with E-state index in [1.807, 2.05) is 61.5 Å². The molecule has 2 unspecified atom stereocenters. The van der Waals surface area contributed by atoms with E-state index in [-0.39, 0.29) is 18.5 Å². The molecule has 0 bridgehead atoms. The Morgan fingerprint density at radius 1 is 1.06 bits per heavy atom. The molecule has 2 aliphatic heterocycles. The summed E-state index contributed by atoms with van der Waals surface area (Å²) < 4.78 is 0. The molecule has 7 nitrogen and oxygen atoms in total. The molecular formula is C25H30N4O3. The number of imide groups is 1. The smallest absolute Gasteiger partial charge is 0.325 e. The molecule has 0 aliphatic carbocycles. The number of rotatable bonds is 7. The van der Waals surface area contributed by atoms with Crippen LogP contribution in [0.1, 0.15) is 42.5 Å². The van der Waals surface area contributed by atoms with Crippen LogP contribution >= 0.6 is 0 Å². The minimum absolute atomic E-state index is 0.203. The highest BCUT2D eigenvalue weighted by Gasteiger charge is 2.49. The molecule has 0 saturated carbocycles. The molecule has 2 atom stereocenters. The molecule has 2 saturated heterocycles. The molecule has 2 fully saturated rings. The molecule has 2 aromatic carbocycles. The van der Waals surface area contributed by atoms with E-state index < -0.39 is 17.5 Å². The van der Waals surface area contributed by atoms with Gasteiger partial charge in [-0.25, -0.2) is 4.79 Å². The van der Waals surface area contributed by atoms with Gasteiger partial charge in [0.15, 0.2) is 0 Å². The molecule has 2 heterocycles. The number of hydrogen-bond acceptors (Lipinski definition) is 4. The van der Waals surface area contributed by atoms with Crippen LogP contribution in [0.2, 0.25) is 0 Å². The molecule has 168 valence electrons. The number of nitrogens with zero attached hydrogens (tertiary/aromatic N) is 2. The van der Waals surface area contributed by atoms with Crippen molar-refractivity contribution in [3.05, 3.63) is 71.3 Å². The van der Waals surface area contributed by atoms with Gasteiger partial charge in [-0.15, -0.1) is 0 Å². The molecule has 0 aromatic heterocycles. The third-order valence-electron chi connectivity index (χ3n) is 6.38. The van der Waals surface area contributed by atoms with Gasteiger partial charge >= 0.3 is 6.03 Å². The fourth-order valence-electron chi connectivity index (χ4n) is 4.45. The Bertz CT molecular complexity index is 986. The zero-order valence-electron chi connectivity index (χ0n) is 18.6. The van der Waals surface area contributed by atoms with Gasteiger partial charge in [-0.1, -0.05) is 60.2 Å². The summed E-state index contributed by atoms with van der Waals surface area (Å²) in [5.41, 5.74) is 1.59. The van der Waals surface area contributed by atoms with Crippen molar-refractivity contribution in [1.29, 1.82) is 0 Å². The Kier molecular flexibility index (Phi) is 6.28. The van der Waals surface area contributed by atoms with Crippen LogP contribution < -0.4 is 10.6 Å². The number of carbonyl (C=O) groups excluding carboxylic acids is 3. The van der Waals surface area contributed by atoms with Crippen LogP contribution in [0.4, 0.5) is 4.79 Å². The summed E-state index contributed by atoms with van der Waals surface area (Å²) in [5.74, 6) is -0.771. The first kappa shape index (κ1) is 22.0. The van der Waals surface area contributed by atoms with Gasteiger partial charge in [-0.2, -0.15) is 0 Å². The second-order valence-electron chi connectivity index (χ2n) is 8.85. The predicted molar refractivity (Wildman–Crippen MR) is 122 cm³/mol. The number of aryl methyl sites for hydroxylation is 1. The van der Waals surface area contributed by atoms with Gasteiger partial charge in [0.05, 0.1) is 6.04 Å². The fourth-order valence-corrected chi connectivity index (χ4v) is 4.45. The summed E-state index contributed by atoms with van der Waals surface area (Å²) >= 11 is 0. The molecule has 32 heavy (non-hydrogen) atoms. The van der Waals surface area contributed by atoms with Crippen molar-refractivity contribution in [2.24, 2.45) is 0 Å². The van der Waals surface area contributed by atoms with Gasteiger partial charge in [0.2, 0.25) is 5.91 Å². The molecule has 4 amide bonds. The van der Waals surface area contributed by atoms with Crippen LogP contribution in [0.3, 0.4) is 0 Å². The zero-order valence-corrected chi connectivity index (χ0v) is 18.6. The first-order valence-electron chi connectivity index (χ1n) is 11.1. The van der Waals surface area contributed by atoms with E-state index in [0.717, 1.165) is 42.0 Å². The lowest BCUT2D eigenvalue weighted by atomic mass is 9.91. The van der Waals surface area contributed by atoms with E-state index >= 15 is 0 Å². The van der Waals surface area contributed by atoms with Gasteiger partial charge in [0.1, 0.15) is 12.1 Å². The monoisotopic (exact) mass is 434 g/mol. The molecule has 2 N–H and O–H groups in total. The second-order valence-corrected chi connectivity index (χ2v) is 8.85. The summed E-state index contributed by atoms with van der Waals surface area (Å²) in [6.45, 7) is 6.06. The van der Waals surface area contributed by atoms with Gasteiger partial charge in [0, 0.05) is 6.54 Å². The molecule has 0 spiro atoms. The lowest BCUT2D eigenvalue weighted by Crippen LogP contribution is -2.45.